The Balaban J connectivity index is 1.73. The van der Waals surface area contributed by atoms with Gasteiger partial charge in [-0.3, -0.25) is 4.79 Å². The van der Waals surface area contributed by atoms with E-state index in [1.54, 1.807) is 0 Å². The number of anilines is 1. The van der Waals surface area contributed by atoms with Crippen LogP contribution in [-0.2, 0) is 11.3 Å². The molecular formula is C29H32ClN3O. The summed E-state index contributed by atoms with van der Waals surface area (Å²) in [5, 5.41) is 10.9. The van der Waals surface area contributed by atoms with Gasteiger partial charge < -0.3 is 5.32 Å². The topological polar surface area (TPSA) is 44.7 Å². The molecule has 1 amide bonds. The highest BCUT2D eigenvalue weighted by Gasteiger charge is 2.53. The average Bonchev–Trinajstić information content (AvgIpc) is 3.15. The number of para-hydroxylation sites is 1. The fraction of sp³-hybridized carbons (Fsp3) is 0.310. The molecule has 4 rings (SSSR count). The number of halogens is 1. The minimum absolute atomic E-state index is 0.0386. The van der Waals surface area contributed by atoms with Crippen molar-refractivity contribution in [3.8, 4) is 0 Å². The lowest BCUT2D eigenvalue weighted by molar-refractivity contribution is -0.127. The van der Waals surface area contributed by atoms with Gasteiger partial charge in [0.1, 0.15) is 5.54 Å². The molecule has 0 aromatic heterocycles. The summed E-state index contributed by atoms with van der Waals surface area (Å²) in [6.07, 6.45) is 2.96. The summed E-state index contributed by atoms with van der Waals surface area (Å²) in [5.74, 6) is -0.0852. The van der Waals surface area contributed by atoms with E-state index in [4.69, 9.17) is 16.7 Å². The molecule has 0 aliphatic carbocycles. The predicted molar refractivity (Wildman–Crippen MR) is 141 cm³/mol. The van der Waals surface area contributed by atoms with E-state index in [9.17, 15) is 4.79 Å². The maximum absolute atomic E-state index is 14.0. The van der Waals surface area contributed by atoms with Gasteiger partial charge in [0.05, 0.1) is 11.4 Å². The minimum atomic E-state index is -0.866. The third kappa shape index (κ3) is 4.88. The second kappa shape index (κ2) is 10.4. The van der Waals surface area contributed by atoms with Crippen LogP contribution in [0, 0.1) is 12.8 Å². The Kier molecular flexibility index (Phi) is 7.38. The predicted octanol–water partition coefficient (Wildman–Crippen LogP) is 6.75. The first-order valence-electron chi connectivity index (χ1n) is 12.0. The molecule has 176 valence electrons. The van der Waals surface area contributed by atoms with Crippen molar-refractivity contribution in [2.75, 3.05) is 5.01 Å². The quantitative estimate of drug-likeness (QED) is 0.393. The summed E-state index contributed by atoms with van der Waals surface area (Å²) in [6, 6.07) is 26.0. The van der Waals surface area contributed by atoms with E-state index < -0.39 is 5.54 Å². The number of rotatable bonds is 8. The van der Waals surface area contributed by atoms with Crippen molar-refractivity contribution in [3.05, 3.63) is 101 Å². The van der Waals surface area contributed by atoms with Gasteiger partial charge in [0.25, 0.3) is 0 Å². The molecule has 0 saturated heterocycles. The lowest BCUT2D eigenvalue weighted by Crippen LogP contribution is -2.57. The van der Waals surface area contributed by atoms with Crippen LogP contribution in [0.1, 0.15) is 49.8 Å². The second-order valence-electron chi connectivity index (χ2n) is 9.15. The molecular weight excluding hydrogens is 442 g/mol. The number of hydrogen-bond acceptors (Lipinski definition) is 3. The number of carbonyl (C=O) groups excluding carboxylic acids is 1. The first kappa shape index (κ1) is 24.0. The van der Waals surface area contributed by atoms with Gasteiger partial charge in [-0.25, -0.2) is 5.01 Å². The number of hydrazone groups is 1. The van der Waals surface area contributed by atoms with Crippen LogP contribution in [0.25, 0.3) is 0 Å². The SMILES string of the molecule is CCCCC1C(c2ccc(C)cc2)=NN(c2ccccc2)C1(C)C(=O)NCc1cccc(Cl)c1. The van der Waals surface area contributed by atoms with Crippen molar-refractivity contribution in [1.29, 1.82) is 0 Å². The number of carbonyl (C=O) groups is 1. The van der Waals surface area contributed by atoms with Crippen LogP contribution in [0.5, 0.6) is 0 Å². The highest BCUT2D eigenvalue weighted by atomic mass is 35.5. The number of hydrogen-bond donors (Lipinski definition) is 1. The molecule has 0 fully saturated rings. The molecule has 3 aromatic rings. The van der Waals surface area contributed by atoms with Crippen molar-refractivity contribution in [3.63, 3.8) is 0 Å². The van der Waals surface area contributed by atoms with Gasteiger partial charge in [0.15, 0.2) is 0 Å². The number of unbranched alkanes of at least 4 members (excludes halogenated alkanes) is 1. The number of aryl methyl sites for hydroxylation is 1. The highest BCUT2D eigenvalue weighted by molar-refractivity contribution is 6.30. The van der Waals surface area contributed by atoms with E-state index in [0.29, 0.717) is 11.6 Å². The van der Waals surface area contributed by atoms with E-state index >= 15 is 0 Å². The fourth-order valence-electron chi connectivity index (χ4n) is 4.66. The van der Waals surface area contributed by atoms with Crippen molar-refractivity contribution in [1.82, 2.24) is 5.32 Å². The number of nitrogens with one attached hydrogen (secondary N) is 1. The van der Waals surface area contributed by atoms with Crippen LogP contribution in [0.2, 0.25) is 5.02 Å². The van der Waals surface area contributed by atoms with Gasteiger partial charge >= 0.3 is 0 Å². The van der Waals surface area contributed by atoms with Gasteiger partial charge in [-0.1, -0.05) is 91.5 Å². The van der Waals surface area contributed by atoms with Crippen LogP contribution in [0.3, 0.4) is 0 Å². The number of amides is 1. The second-order valence-corrected chi connectivity index (χ2v) is 9.59. The van der Waals surface area contributed by atoms with E-state index in [1.165, 1.54) is 5.56 Å². The molecule has 1 aliphatic rings. The average molecular weight is 474 g/mol. The zero-order valence-electron chi connectivity index (χ0n) is 20.1. The van der Waals surface area contributed by atoms with Crippen LogP contribution >= 0.6 is 11.6 Å². The summed E-state index contributed by atoms with van der Waals surface area (Å²) < 4.78 is 0. The van der Waals surface area contributed by atoms with Crippen molar-refractivity contribution < 1.29 is 4.79 Å². The van der Waals surface area contributed by atoms with Crippen LogP contribution in [0.4, 0.5) is 5.69 Å². The Morgan fingerprint density at radius 1 is 1.06 bits per heavy atom. The van der Waals surface area contributed by atoms with Crippen LogP contribution in [0.15, 0.2) is 84.0 Å². The Morgan fingerprint density at radius 3 is 2.47 bits per heavy atom. The Labute approximate surface area is 207 Å². The third-order valence-corrected chi connectivity index (χ3v) is 6.89. The largest absolute Gasteiger partial charge is 0.350 e. The van der Waals surface area contributed by atoms with Gasteiger partial charge in [0, 0.05) is 17.5 Å². The van der Waals surface area contributed by atoms with Gasteiger partial charge in [-0.2, -0.15) is 5.10 Å². The summed E-state index contributed by atoms with van der Waals surface area (Å²) in [7, 11) is 0. The zero-order chi connectivity index (χ0) is 24.1. The van der Waals surface area contributed by atoms with E-state index in [2.05, 4.69) is 43.4 Å². The first-order chi connectivity index (χ1) is 16.4. The molecule has 2 atom stereocenters. The zero-order valence-corrected chi connectivity index (χ0v) is 20.8. The lowest BCUT2D eigenvalue weighted by atomic mass is 9.76. The summed E-state index contributed by atoms with van der Waals surface area (Å²) in [5.41, 5.74) is 4.26. The maximum atomic E-state index is 14.0. The molecule has 1 heterocycles. The first-order valence-corrected chi connectivity index (χ1v) is 12.3. The summed E-state index contributed by atoms with van der Waals surface area (Å²) in [6.45, 7) is 6.71. The summed E-state index contributed by atoms with van der Waals surface area (Å²) in [4.78, 5) is 14.0. The van der Waals surface area contributed by atoms with E-state index in [-0.39, 0.29) is 11.8 Å². The smallest absolute Gasteiger partial charge is 0.248 e. The molecule has 1 aliphatic heterocycles. The third-order valence-electron chi connectivity index (χ3n) is 6.65. The Morgan fingerprint density at radius 2 is 1.79 bits per heavy atom. The molecule has 3 aromatic carbocycles. The normalized spacial score (nSPS) is 19.7. The monoisotopic (exact) mass is 473 g/mol. The molecule has 0 radical (unpaired) electrons. The maximum Gasteiger partial charge on any atom is 0.248 e. The van der Waals surface area contributed by atoms with Gasteiger partial charge in [-0.05, 0) is 55.7 Å². The molecule has 2 unspecified atom stereocenters. The summed E-state index contributed by atoms with van der Waals surface area (Å²) >= 11 is 6.16. The number of benzene rings is 3. The molecule has 4 nitrogen and oxygen atoms in total. The van der Waals surface area contributed by atoms with Crippen LogP contribution in [-0.4, -0.2) is 17.2 Å². The fourth-order valence-corrected chi connectivity index (χ4v) is 4.88. The van der Waals surface area contributed by atoms with Crippen molar-refractivity contribution in [2.24, 2.45) is 11.0 Å². The molecule has 5 heteroatoms. The standard InChI is InChI=1S/C29H32ClN3O/c1-4-5-14-26-27(23-17-15-21(2)16-18-23)32-33(25-12-7-6-8-13-25)29(26,3)28(34)31-20-22-10-9-11-24(30)19-22/h6-13,15-19,26H,4-5,14,20H2,1-3H3,(H,31,34). The highest BCUT2D eigenvalue weighted by Crippen LogP contribution is 2.41. The Bertz CT molecular complexity index is 1160. The molecule has 0 saturated carbocycles. The Hall–Kier alpha value is -3.11. The molecule has 0 spiro atoms. The van der Waals surface area contributed by atoms with Gasteiger partial charge in [0.2, 0.25) is 5.91 Å². The molecule has 0 bridgehead atoms. The van der Waals surface area contributed by atoms with Crippen molar-refractivity contribution in [2.45, 2.75) is 52.1 Å². The van der Waals surface area contributed by atoms with Gasteiger partial charge in [-0.15, -0.1) is 0 Å². The van der Waals surface area contributed by atoms with Crippen LogP contribution < -0.4 is 10.3 Å². The minimum Gasteiger partial charge on any atom is -0.350 e. The number of nitrogens with zero attached hydrogens (tertiary/aromatic N) is 2. The molecule has 34 heavy (non-hydrogen) atoms. The van der Waals surface area contributed by atoms with E-state index in [1.807, 2.05) is 66.5 Å². The molecule has 1 N–H and O–H groups in total. The van der Waals surface area contributed by atoms with Crippen molar-refractivity contribution >= 4 is 28.9 Å². The van der Waals surface area contributed by atoms with E-state index in [0.717, 1.165) is 41.8 Å². The lowest BCUT2D eigenvalue weighted by Gasteiger charge is -2.37.